The summed E-state index contributed by atoms with van der Waals surface area (Å²) in [5, 5.41) is 7.06. The highest BCUT2D eigenvalue weighted by Gasteiger charge is 2.30. The lowest BCUT2D eigenvalue weighted by molar-refractivity contribution is 0.334. The minimum Gasteiger partial charge on any atom is -0.304 e. The molecule has 0 bridgehead atoms. The number of aromatic nitrogens is 4. The summed E-state index contributed by atoms with van der Waals surface area (Å²) in [5.41, 5.74) is 3.05. The van der Waals surface area contributed by atoms with Gasteiger partial charge in [-0.1, -0.05) is 0 Å². The van der Waals surface area contributed by atoms with Gasteiger partial charge < -0.3 is 5.01 Å². The largest absolute Gasteiger partial charge is 0.304 e. The van der Waals surface area contributed by atoms with Crippen LogP contribution in [0.5, 0.6) is 0 Å². The van der Waals surface area contributed by atoms with Crippen molar-refractivity contribution >= 4 is 22.8 Å². The number of rotatable bonds is 3. The summed E-state index contributed by atoms with van der Waals surface area (Å²) in [6, 6.07) is 0.988. The van der Waals surface area contributed by atoms with Crippen molar-refractivity contribution in [2.45, 2.75) is 71.5 Å². The molecule has 0 aromatic carbocycles. The van der Waals surface area contributed by atoms with Crippen molar-refractivity contribution in [3.05, 3.63) is 11.5 Å². The number of piperidine rings is 1. The highest BCUT2D eigenvalue weighted by atomic mass is 35.5. The van der Waals surface area contributed by atoms with E-state index in [0.29, 0.717) is 18.0 Å². The minimum absolute atomic E-state index is 0.424. The first-order valence-corrected chi connectivity index (χ1v) is 8.41. The summed E-state index contributed by atoms with van der Waals surface area (Å²) in [4.78, 5) is 4.75. The van der Waals surface area contributed by atoms with Crippen molar-refractivity contribution in [1.82, 2.24) is 19.4 Å². The first kappa shape index (κ1) is 14.7. The molecule has 0 amide bonds. The Morgan fingerprint density at radius 2 is 1.90 bits per heavy atom. The molecule has 5 nitrogen and oxygen atoms in total. The van der Waals surface area contributed by atoms with E-state index in [-0.39, 0.29) is 0 Å². The molecule has 21 heavy (non-hydrogen) atoms. The third-order valence-electron chi connectivity index (χ3n) is 4.55. The number of halogens is 1. The lowest BCUT2D eigenvalue weighted by Gasteiger charge is -2.42. The zero-order valence-corrected chi connectivity index (χ0v) is 14.1. The molecule has 0 aliphatic carbocycles. The van der Waals surface area contributed by atoms with Crippen molar-refractivity contribution in [2.24, 2.45) is 0 Å². The maximum absolute atomic E-state index is 6.18. The van der Waals surface area contributed by atoms with Crippen molar-refractivity contribution in [3.63, 3.8) is 0 Å². The van der Waals surface area contributed by atoms with E-state index in [4.69, 9.17) is 16.6 Å². The molecular weight excluding hydrogens is 286 g/mol. The van der Waals surface area contributed by atoms with E-state index in [1.54, 1.807) is 0 Å². The number of aryl methyl sites for hydroxylation is 2. The zero-order chi connectivity index (χ0) is 15.1. The average Bonchev–Trinajstić information content (AvgIpc) is 2.97. The maximum Gasteiger partial charge on any atom is 0.178 e. The van der Waals surface area contributed by atoms with Crippen LogP contribution in [0.4, 0.5) is 0 Å². The Labute approximate surface area is 130 Å². The molecule has 3 heterocycles. The molecule has 1 aliphatic heterocycles. The topological polar surface area (TPSA) is 38.9 Å². The van der Waals surface area contributed by atoms with Gasteiger partial charge in [0.1, 0.15) is 11.3 Å². The fourth-order valence-electron chi connectivity index (χ4n) is 3.55. The molecule has 3 rings (SSSR count). The number of imidazole rings is 1. The van der Waals surface area contributed by atoms with E-state index >= 15 is 0 Å². The minimum atomic E-state index is 0.424. The first-order chi connectivity index (χ1) is 10.1. The van der Waals surface area contributed by atoms with Crippen molar-refractivity contribution in [1.29, 1.82) is 0 Å². The van der Waals surface area contributed by atoms with E-state index in [2.05, 4.69) is 35.6 Å². The van der Waals surface area contributed by atoms with Gasteiger partial charge in [0, 0.05) is 18.6 Å². The Bertz CT molecular complexity index is 634. The second-order valence-corrected chi connectivity index (χ2v) is 6.32. The van der Waals surface area contributed by atoms with Crippen molar-refractivity contribution in [3.8, 4) is 0 Å². The molecule has 2 atom stereocenters. The Morgan fingerprint density at radius 1 is 1.24 bits per heavy atom. The van der Waals surface area contributed by atoms with Gasteiger partial charge >= 0.3 is 0 Å². The molecule has 0 N–H and O–H groups in total. The van der Waals surface area contributed by atoms with Crippen LogP contribution < -0.4 is 5.01 Å². The van der Waals surface area contributed by atoms with Crippen LogP contribution in [0.15, 0.2) is 0 Å². The van der Waals surface area contributed by atoms with Crippen LogP contribution >= 0.6 is 11.6 Å². The predicted octanol–water partition coefficient (Wildman–Crippen LogP) is 3.20. The molecule has 1 aliphatic rings. The highest BCUT2D eigenvalue weighted by Crippen LogP contribution is 2.27. The predicted molar refractivity (Wildman–Crippen MR) is 86.5 cm³/mol. The van der Waals surface area contributed by atoms with Gasteiger partial charge in [0.2, 0.25) is 0 Å². The van der Waals surface area contributed by atoms with E-state index in [0.717, 1.165) is 29.2 Å². The average molecular weight is 310 g/mol. The fraction of sp³-hybridized carbons (Fsp3) is 0.733. The van der Waals surface area contributed by atoms with Gasteiger partial charge in [0.25, 0.3) is 0 Å². The SMILES string of the molecule is CCn1nc(C)c2nc(CCl)n(N3C(C)CCCC3C)c21. The van der Waals surface area contributed by atoms with E-state index in [1.165, 1.54) is 19.3 Å². The summed E-state index contributed by atoms with van der Waals surface area (Å²) in [6.45, 7) is 9.56. The molecule has 6 heteroatoms. The van der Waals surface area contributed by atoms with Gasteiger partial charge in [-0.3, -0.25) is 0 Å². The Hall–Kier alpha value is -1.23. The molecular formula is C15H24ClN5. The smallest absolute Gasteiger partial charge is 0.178 e. The number of fused-ring (bicyclic) bond motifs is 1. The van der Waals surface area contributed by atoms with E-state index in [1.807, 2.05) is 11.6 Å². The standard InChI is InChI=1S/C15H24ClN5/c1-5-19-15-14(12(4)18-19)17-13(9-16)21(15)20-10(2)7-6-8-11(20)3/h10-11H,5-9H2,1-4H3. The zero-order valence-electron chi connectivity index (χ0n) is 13.3. The third kappa shape index (κ3) is 2.22. The molecule has 0 radical (unpaired) electrons. The van der Waals surface area contributed by atoms with Gasteiger partial charge in [-0.25, -0.2) is 14.3 Å². The van der Waals surface area contributed by atoms with Crippen LogP contribution in [0.2, 0.25) is 0 Å². The number of alkyl halides is 1. The van der Waals surface area contributed by atoms with E-state index in [9.17, 15) is 0 Å². The second kappa shape index (κ2) is 5.52. The molecule has 116 valence electrons. The first-order valence-electron chi connectivity index (χ1n) is 7.87. The lowest BCUT2D eigenvalue weighted by atomic mass is 10.00. The van der Waals surface area contributed by atoms with Crippen LogP contribution in [0.25, 0.3) is 11.2 Å². The van der Waals surface area contributed by atoms with Crippen LogP contribution in [0.3, 0.4) is 0 Å². The molecule has 1 fully saturated rings. The monoisotopic (exact) mass is 309 g/mol. The molecule has 2 aromatic rings. The lowest BCUT2D eigenvalue weighted by Crippen LogP contribution is -2.51. The summed E-state index contributed by atoms with van der Waals surface area (Å²) in [5.74, 6) is 1.35. The summed E-state index contributed by atoms with van der Waals surface area (Å²) in [6.07, 6.45) is 3.72. The Morgan fingerprint density at radius 3 is 2.48 bits per heavy atom. The van der Waals surface area contributed by atoms with Gasteiger partial charge in [0.15, 0.2) is 5.65 Å². The van der Waals surface area contributed by atoms with Crippen LogP contribution in [0, 0.1) is 6.92 Å². The van der Waals surface area contributed by atoms with Gasteiger partial charge in [-0.2, -0.15) is 5.10 Å². The second-order valence-electron chi connectivity index (χ2n) is 6.06. The van der Waals surface area contributed by atoms with Gasteiger partial charge in [-0.15, -0.1) is 11.6 Å². The summed E-state index contributed by atoms with van der Waals surface area (Å²) in [7, 11) is 0. The van der Waals surface area contributed by atoms with Crippen molar-refractivity contribution in [2.75, 3.05) is 5.01 Å². The molecule has 2 unspecified atom stereocenters. The third-order valence-corrected chi connectivity index (χ3v) is 4.79. The Balaban J connectivity index is 2.23. The molecule has 0 saturated carbocycles. The summed E-state index contributed by atoms with van der Waals surface area (Å²) >= 11 is 6.18. The van der Waals surface area contributed by atoms with Crippen LogP contribution in [-0.4, -0.2) is 31.5 Å². The number of nitrogens with zero attached hydrogens (tertiary/aromatic N) is 5. The summed E-state index contributed by atoms with van der Waals surface area (Å²) < 4.78 is 4.28. The van der Waals surface area contributed by atoms with Gasteiger partial charge in [-0.05, 0) is 47.0 Å². The molecule has 2 aromatic heterocycles. The fourth-order valence-corrected chi connectivity index (χ4v) is 3.72. The highest BCUT2D eigenvalue weighted by molar-refractivity contribution is 6.16. The number of hydrogen-bond donors (Lipinski definition) is 0. The molecule has 1 saturated heterocycles. The van der Waals surface area contributed by atoms with Crippen LogP contribution in [-0.2, 0) is 12.4 Å². The Kier molecular flexibility index (Phi) is 3.86. The normalized spacial score (nSPS) is 23.2. The molecule has 0 spiro atoms. The van der Waals surface area contributed by atoms with Crippen molar-refractivity contribution < 1.29 is 0 Å². The maximum atomic E-state index is 6.18. The quantitative estimate of drug-likeness (QED) is 0.817. The van der Waals surface area contributed by atoms with Crippen LogP contribution in [0.1, 0.15) is 51.6 Å². The van der Waals surface area contributed by atoms with Gasteiger partial charge in [0.05, 0.1) is 11.6 Å². The number of hydrogen-bond acceptors (Lipinski definition) is 3. The van der Waals surface area contributed by atoms with E-state index < -0.39 is 0 Å².